The second kappa shape index (κ2) is 13.8. The van der Waals surface area contributed by atoms with E-state index in [0.29, 0.717) is 5.92 Å². The fraction of sp³-hybridized carbons (Fsp3) is 0.333. The second-order valence-electron chi connectivity index (χ2n) is 10.1. The Morgan fingerprint density at radius 2 is 1.33 bits per heavy atom. The minimum Gasteiger partial charge on any atom is -0.0769 e. The maximum Gasteiger partial charge on any atom is 0.00925 e. The van der Waals surface area contributed by atoms with Gasteiger partial charge in [-0.25, -0.2) is 0 Å². The summed E-state index contributed by atoms with van der Waals surface area (Å²) >= 11 is 0. The Labute approximate surface area is 219 Å². The Balaban J connectivity index is 1.60. The van der Waals surface area contributed by atoms with Gasteiger partial charge in [-0.05, 0) is 78.3 Å². The molecule has 0 radical (unpaired) electrons. The van der Waals surface area contributed by atoms with E-state index in [0.717, 1.165) is 19.3 Å². The highest BCUT2D eigenvalue weighted by atomic mass is 14.2. The first-order valence-electron chi connectivity index (χ1n) is 14.1. The molecule has 0 spiro atoms. The van der Waals surface area contributed by atoms with E-state index in [4.69, 9.17) is 0 Å². The fourth-order valence-electron chi connectivity index (χ4n) is 5.30. The molecule has 3 aromatic carbocycles. The molecular formula is C36H42. The molecule has 0 bridgehead atoms. The maximum absolute atomic E-state index is 2.46. The minimum absolute atomic E-state index is 0.397. The van der Waals surface area contributed by atoms with E-state index in [-0.39, 0.29) is 0 Å². The van der Waals surface area contributed by atoms with Gasteiger partial charge in [0.25, 0.3) is 0 Å². The molecule has 0 saturated carbocycles. The van der Waals surface area contributed by atoms with E-state index < -0.39 is 0 Å². The summed E-state index contributed by atoms with van der Waals surface area (Å²) in [7, 11) is 0. The molecular weight excluding hydrogens is 432 g/mol. The minimum atomic E-state index is 0.397. The number of unbranched alkanes of at least 4 members (excludes halogenated alkanes) is 2. The molecule has 0 aromatic heterocycles. The van der Waals surface area contributed by atoms with Crippen molar-refractivity contribution in [1.29, 1.82) is 0 Å². The van der Waals surface area contributed by atoms with Gasteiger partial charge in [-0.3, -0.25) is 0 Å². The zero-order valence-corrected chi connectivity index (χ0v) is 22.3. The summed E-state index contributed by atoms with van der Waals surface area (Å²) in [6.07, 6.45) is 17.8. The second-order valence-corrected chi connectivity index (χ2v) is 10.1. The van der Waals surface area contributed by atoms with Crippen LogP contribution in [0.15, 0.2) is 114 Å². The molecule has 1 aliphatic rings. The van der Waals surface area contributed by atoms with E-state index in [1.165, 1.54) is 77.5 Å². The van der Waals surface area contributed by atoms with Crippen molar-refractivity contribution >= 4 is 5.57 Å². The lowest BCUT2D eigenvalue weighted by molar-refractivity contribution is 0.731. The topological polar surface area (TPSA) is 0 Å². The summed E-state index contributed by atoms with van der Waals surface area (Å²) in [6.45, 7) is 4.54. The van der Waals surface area contributed by atoms with E-state index >= 15 is 0 Å². The molecule has 3 aromatic rings. The van der Waals surface area contributed by atoms with Crippen molar-refractivity contribution in [3.8, 4) is 0 Å². The molecule has 0 fully saturated rings. The molecule has 0 nitrogen and oxygen atoms in total. The van der Waals surface area contributed by atoms with Gasteiger partial charge in [0.2, 0.25) is 0 Å². The van der Waals surface area contributed by atoms with Crippen LogP contribution in [0.2, 0.25) is 0 Å². The van der Waals surface area contributed by atoms with Crippen molar-refractivity contribution in [2.45, 2.75) is 77.6 Å². The third-order valence-corrected chi connectivity index (χ3v) is 7.50. The molecule has 0 heterocycles. The van der Waals surface area contributed by atoms with Crippen molar-refractivity contribution in [1.82, 2.24) is 0 Å². The third-order valence-electron chi connectivity index (χ3n) is 7.50. The largest absolute Gasteiger partial charge is 0.0769 e. The first kappa shape index (κ1) is 26.0. The quantitative estimate of drug-likeness (QED) is 0.245. The van der Waals surface area contributed by atoms with Gasteiger partial charge in [-0.2, -0.15) is 0 Å². The first-order valence-corrected chi connectivity index (χ1v) is 14.1. The Morgan fingerprint density at radius 1 is 0.694 bits per heavy atom. The van der Waals surface area contributed by atoms with Crippen molar-refractivity contribution in [2.75, 3.05) is 0 Å². The monoisotopic (exact) mass is 474 g/mol. The lowest BCUT2D eigenvalue weighted by Gasteiger charge is -2.22. The third kappa shape index (κ3) is 7.20. The maximum atomic E-state index is 2.46. The summed E-state index contributed by atoms with van der Waals surface area (Å²) in [5, 5.41) is 0. The Kier molecular flexibility index (Phi) is 9.97. The van der Waals surface area contributed by atoms with Gasteiger partial charge in [0.1, 0.15) is 0 Å². The van der Waals surface area contributed by atoms with Crippen LogP contribution in [0.4, 0.5) is 0 Å². The Morgan fingerprint density at radius 3 is 1.97 bits per heavy atom. The highest BCUT2D eigenvalue weighted by Crippen LogP contribution is 2.36. The number of aryl methyl sites for hydroxylation is 1. The standard InChI is InChI=1S/C36H42/c1-3-5-13-29-19-23-33(24-20-29)35(31-15-9-7-10-16-31)27-28-36(32-17-11-8-12-18-32)34-25-21-30(22-26-34)14-6-4-2/h7-12,15-25,35H,3-6,13-14,26-28H2,1-2H3. The van der Waals surface area contributed by atoms with E-state index in [9.17, 15) is 0 Å². The highest BCUT2D eigenvalue weighted by molar-refractivity contribution is 5.72. The number of hydrogen-bond donors (Lipinski definition) is 0. The predicted octanol–water partition coefficient (Wildman–Crippen LogP) is 10.5. The lowest BCUT2D eigenvalue weighted by atomic mass is 9.83. The lowest BCUT2D eigenvalue weighted by Crippen LogP contribution is -2.04. The molecule has 4 rings (SSSR count). The van der Waals surface area contributed by atoms with Crippen LogP contribution in [-0.4, -0.2) is 0 Å². The summed E-state index contributed by atoms with van der Waals surface area (Å²) in [5.74, 6) is 0.397. The van der Waals surface area contributed by atoms with Crippen LogP contribution < -0.4 is 0 Å². The number of hydrogen-bond acceptors (Lipinski definition) is 0. The average molecular weight is 475 g/mol. The molecule has 0 aliphatic heterocycles. The summed E-state index contributed by atoms with van der Waals surface area (Å²) in [6, 6.07) is 31.6. The number of benzene rings is 3. The fourth-order valence-corrected chi connectivity index (χ4v) is 5.30. The van der Waals surface area contributed by atoms with Gasteiger partial charge in [0.15, 0.2) is 0 Å². The molecule has 0 N–H and O–H groups in total. The van der Waals surface area contributed by atoms with Crippen molar-refractivity contribution in [3.05, 3.63) is 137 Å². The van der Waals surface area contributed by atoms with E-state index in [2.05, 4.69) is 117 Å². The van der Waals surface area contributed by atoms with E-state index in [1.54, 1.807) is 0 Å². The zero-order chi connectivity index (χ0) is 25.0. The van der Waals surface area contributed by atoms with Gasteiger partial charge < -0.3 is 0 Å². The molecule has 0 heteroatoms. The smallest absolute Gasteiger partial charge is 0.00925 e. The molecule has 186 valence electrons. The summed E-state index contributed by atoms with van der Waals surface area (Å²) in [4.78, 5) is 0. The molecule has 1 aliphatic carbocycles. The highest BCUT2D eigenvalue weighted by Gasteiger charge is 2.17. The molecule has 36 heavy (non-hydrogen) atoms. The SMILES string of the molecule is CCCCC1=CCC(=C(CCC(c2ccccc2)c2ccc(CCCC)cc2)c2ccccc2)C=C1. The van der Waals surface area contributed by atoms with Crippen LogP contribution in [0.25, 0.3) is 5.57 Å². The predicted molar refractivity (Wildman–Crippen MR) is 157 cm³/mol. The summed E-state index contributed by atoms with van der Waals surface area (Å²) in [5.41, 5.74) is 10.1. The van der Waals surface area contributed by atoms with Gasteiger partial charge in [0.05, 0.1) is 0 Å². The van der Waals surface area contributed by atoms with Crippen LogP contribution >= 0.6 is 0 Å². The van der Waals surface area contributed by atoms with Gasteiger partial charge >= 0.3 is 0 Å². The van der Waals surface area contributed by atoms with E-state index in [1.807, 2.05) is 0 Å². The molecule has 0 saturated heterocycles. The van der Waals surface area contributed by atoms with Crippen LogP contribution in [0.5, 0.6) is 0 Å². The van der Waals surface area contributed by atoms with Crippen LogP contribution in [0, 0.1) is 0 Å². The average Bonchev–Trinajstić information content (AvgIpc) is 2.95. The van der Waals surface area contributed by atoms with Crippen molar-refractivity contribution < 1.29 is 0 Å². The van der Waals surface area contributed by atoms with Crippen LogP contribution in [0.3, 0.4) is 0 Å². The van der Waals surface area contributed by atoms with Crippen LogP contribution in [0.1, 0.15) is 93.4 Å². The van der Waals surface area contributed by atoms with Gasteiger partial charge in [-0.1, -0.05) is 135 Å². The Hall–Kier alpha value is -3.12. The Bertz CT molecular complexity index is 1140. The number of rotatable bonds is 12. The number of allylic oxidation sites excluding steroid dienone is 6. The molecule has 1 atom stereocenters. The van der Waals surface area contributed by atoms with Gasteiger partial charge in [-0.15, -0.1) is 0 Å². The first-order chi connectivity index (χ1) is 17.8. The molecule has 0 amide bonds. The summed E-state index contributed by atoms with van der Waals surface area (Å²) < 4.78 is 0. The van der Waals surface area contributed by atoms with Crippen LogP contribution in [-0.2, 0) is 6.42 Å². The van der Waals surface area contributed by atoms with Gasteiger partial charge in [0, 0.05) is 5.92 Å². The molecule has 1 unspecified atom stereocenters. The normalized spacial score (nSPS) is 15.4. The van der Waals surface area contributed by atoms with Crippen molar-refractivity contribution in [2.24, 2.45) is 0 Å². The zero-order valence-electron chi connectivity index (χ0n) is 22.3. The van der Waals surface area contributed by atoms with Crippen molar-refractivity contribution in [3.63, 3.8) is 0 Å².